The average Bonchev–Trinajstić information content (AvgIpc) is 3.16. The Morgan fingerprint density at radius 1 is 1.45 bits per heavy atom. The van der Waals surface area contributed by atoms with Crippen LogP contribution in [0.15, 0.2) is 4.79 Å². The molecule has 1 fully saturated rings. The number of aliphatic hydroxyl groups excluding tert-OH is 1. The molecule has 2 aromatic rings. The highest BCUT2D eigenvalue weighted by molar-refractivity contribution is 7.18. The second-order valence-electron chi connectivity index (χ2n) is 9.11. The van der Waals surface area contributed by atoms with Gasteiger partial charge in [0.25, 0.3) is 5.56 Å². The number of aromatic nitrogens is 2. The van der Waals surface area contributed by atoms with Crippen LogP contribution < -0.4 is 5.56 Å². The fraction of sp³-hybridized carbons (Fsp3) is 0.667. The predicted octanol–water partition coefficient (Wildman–Crippen LogP) is 1.25. The van der Waals surface area contributed by atoms with E-state index in [4.69, 9.17) is 20.9 Å². The fourth-order valence-electron chi connectivity index (χ4n) is 4.63. The molecule has 1 saturated heterocycles. The molecule has 1 aliphatic heterocycles. The molecular formula is C24H34N4O4S. The summed E-state index contributed by atoms with van der Waals surface area (Å²) in [5.41, 5.74) is 1.15. The van der Waals surface area contributed by atoms with E-state index in [1.165, 1.54) is 10.4 Å². The molecule has 0 spiro atoms. The highest BCUT2D eigenvalue weighted by Gasteiger charge is 2.24. The smallest absolute Gasteiger partial charge is 0.259 e. The number of nitrogens with one attached hydrogen (secondary N) is 1. The highest BCUT2D eigenvalue weighted by Crippen LogP contribution is 2.35. The molecule has 0 bridgehead atoms. The van der Waals surface area contributed by atoms with Crippen molar-refractivity contribution < 1.29 is 14.6 Å². The fourth-order valence-corrected chi connectivity index (χ4v) is 6.03. The summed E-state index contributed by atoms with van der Waals surface area (Å²) >= 11 is 1.66. The summed E-state index contributed by atoms with van der Waals surface area (Å²) in [6.07, 6.45) is 7.66. The minimum Gasteiger partial charge on any atom is -0.389 e. The third-order valence-corrected chi connectivity index (χ3v) is 7.54. The first-order valence-corrected chi connectivity index (χ1v) is 12.6. The maximum Gasteiger partial charge on any atom is 0.259 e. The minimum atomic E-state index is -0.672. The summed E-state index contributed by atoms with van der Waals surface area (Å²) in [7, 11) is 0. The topological polar surface area (TPSA) is 90.9 Å². The summed E-state index contributed by atoms with van der Waals surface area (Å²) < 4.78 is 10.8. The summed E-state index contributed by atoms with van der Waals surface area (Å²) in [4.78, 5) is 27.4. The third-order valence-electron chi connectivity index (χ3n) is 6.39. The van der Waals surface area contributed by atoms with Crippen molar-refractivity contribution >= 4 is 21.6 Å². The number of rotatable bonds is 10. The maximum absolute atomic E-state index is 13.0. The molecule has 9 heteroatoms. The molecule has 33 heavy (non-hydrogen) atoms. The molecular weight excluding hydrogens is 440 g/mol. The maximum atomic E-state index is 13.0. The van der Waals surface area contributed by atoms with Crippen LogP contribution in [0.1, 0.15) is 29.6 Å². The number of nitrogens with zero attached hydrogens (tertiary/aromatic N) is 3. The zero-order chi connectivity index (χ0) is 23.2. The first-order chi connectivity index (χ1) is 16.0. The lowest BCUT2D eigenvalue weighted by atomic mass is 9.89. The molecule has 4 rings (SSSR count). The van der Waals surface area contributed by atoms with Crippen LogP contribution in [-0.4, -0.2) is 90.1 Å². The molecule has 3 heterocycles. The molecule has 2 N–H and O–H groups in total. The van der Waals surface area contributed by atoms with Gasteiger partial charge in [0, 0.05) is 37.6 Å². The molecule has 180 valence electrons. The van der Waals surface area contributed by atoms with E-state index in [1.807, 2.05) is 0 Å². The lowest BCUT2D eigenvalue weighted by Gasteiger charge is -2.30. The number of thiophene rings is 1. The summed E-state index contributed by atoms with van der Waals surface area (Å²) in [6.45, 7) is 8.40. The van der Waals surface area contributed by atoms with E-state index in [0.717, 1.165) is 68.9 Å². The Bertz CT molecular complexity index is 1020. The molecule has 0 unspecified atom stereocenters. The van der Waals surface area contributed by atoms with Crippen molar-refractivity contribution in [1.29, 1.82) is 0 Å². The van der Waals surface area contributed by atoms with Crippen molar-refractivity contribution in [2.24, 2.45) is 5.92 Å². The lowest BCUT2D eigenvalue weighted by Crippen LogP contribution is -2.43. The van der Waals surface area contributed by atoms with E-state index in [0.29, 0.717) is 24.8 Å². The van der Waals surface area contributed by atoms with Crippen LogP contribution in [0.25, 0.3) is 10.2 Å². The van der Waals surface area contributed by atoms with Crippen molar-refractivity contribution in [2.45, 2.75) is 38.8 Å². The normalized spacial score (nSPS) is 20.1. The largest absolute Gasteiger partial charge is 0.389 e. The van der Waals surface area contributed by atoms with Gasteiger partial charge in [-0.1, -0.05) is 12.8 Å². The summed E-state index contributed by atoms with van der Waals surface area (Å²) in [5, 5.41) is 11.2. The molecule has 0 saturated carbocycles. The third kappa shape index (κ3) is 6.41. The Kier molecular flexibility index (Phi) is 8.52. The van der Waals surface area contributed by atoms with Gasteiger partial charge in [-0.25, -0.2) is 4.98 Å². The summed E-state index contributed by atoms with van der Waals surface area (Å²) in [5.74, 6) is 3.70. The van der Waals surface area contributed by atoms with E-state index >= 15 is 0 Å². The number of aromatic amines is 1. The standard InChI is InChI=1S/C24H34N4O4S/c1-3-10-32-16-18(29)14-28(7-6-27-8-11-31-12-9-27)15-21-25-23(30)22-19-5-4-17(2)13-20(19)33-24(22)26-21/h1,17-18,29H,4-16H2,2H3,(H,25,26,30)/t17-,18-/m1/s1. The summed E-state index contributed by atoms with van der Waals surface area (Å²) in [6, 6.07) is 0. The van der Waals surface area contributed by atoms with Gasteiger partial charge < -0.3 is 19.6 Å². The number of aliphatic hydroxyl groups is 1. The Morgan fingerprint density at radius 3 is 3.06 bits per heavy atom. The van der Waals surface area contributed by atoms with Crippen molar-refractivity contribution in [2.75, 3.05) is 59.2 Å². The monoisotopic (exact) mass is 474 g/mol. The quantitative estimate of drug-likeness (QED) is 0.396. The van der Waals surface area contributed by atoms with Gasteiger partial charge in [-0.2, -0.15) is 0 Å². The van der Waals surface area contributed by atoms with Gasteiger partial charge in [0.1, 0.15) is 17.3 Å². The van der Waals surface area contributed by atoms with E-state index in [-0.39, 0.29) is 18.8 Å². The van der Waals surface area contributed by atoms with E-state index in [2.05, 4.69) is 27.6 Å². The second kappa shape index (κ2) is 11.6. The number of terminal acetylenes is 1. The average molecular weight is 475 g/mol. The zero-order valence-electron chi connectivity index (χ0n) is 19.3. The Hall–Kier alpha value is -1.80. The van der Waals surface area contributed by atoms with Gasteiger partial charge in [-0.15, -0.1) is 17.8 Å². The Balaban J connectivity index is 1.48. The van der Waals surface area contributed by atoms with E-state index in [9.17, 15) is 9.90 Å². The molecule has 2 aliphatic rings. The predicted molar refractivity (Wildman–Crippen MR) is 130 cm³/mol. The molecule has 0 amide bonds. The minimum absolute atomic E-state index is 0.0481. The van der Waals surface area contributed by atoms with Crippen LogP contribution in [0.2, 0.25) is 0 Å². The van der Waals surface area contributed by atoms with Gasteiger partial charge >= 0.3 is 0 Å². The molecule has 2 aromatic heterocycles. The van der Waals surface area contributed by atoms with Crippen LogP contribution in [0.3, 0.4) is 0 Å². The first-order valence-electron chi connectivity index (χ1n) is 11.8. The number of aryl methyl sites for hydroxylation is 1. The Labute approximate surface area is 198 Å². The molecule has 2 atom stereocenters. The SMILES string of the molecule is C#CCOC[C@H](O)CN(CCN1CCOCC1)Cc1nc2sc3c(c2c(=O)[nH]1)CC[C@@H](C)C3. The van der Waals surface area contributed by atoms with E-state index in [1.54, 1.807) is 11.3 Å². The van der Waals surface area contributed by atoms with Crippen molar-refractivity contribution in [3.8, 4) is 12.3 Å². The van der Waals surface area contributed by atoms with Crippen molar-refractivity contribution in [3.63, 3.8) is 0 Å². The van der Waals surface area contributed by atoms with Gasteiger partial charge in [0.05, 0.1) is 37.9 Å². The highest BCUT2D eigenvalue weighted by atomic mass is 32.1. The van der Waals surface area contributed by atoms with Crippen LogP contribution in [0, 0.1) is 18.3 Å². The molecule has 0 aromatic carbocycles. The van der Waals surface area contributed by atoms with E-state index < -0.39 is 6.10 Å². The zero-order valence-corrected chi connectivity index (χ0v) is 20.2. The van der Waals surface area contributed by atoms with Crippen LogP contribution in [0.5, 0.6) is 0 Å². The number of H-pyrrole nitrogens is 1. The van der Waals surface area contributed by atoms with Gasteiger partial charge in [0.2, 0.25) is 0 Å². The van der Waals surface area contributed by atoms with Gasteiger partial charge in [-0.3, -0.25) is 14.6 Å². The van der Waals surface area contributed by atoms with Crippen molar-refractivity contribution in [3.05, 3.63) is 26.6 Å². The number of morpholine rings is 1. The molecule has 0 radical (unpaired) electrons. The second-order valence-corrected chi connectivity index (χ2v) is 10.2. The van der Waals surface area contributed by atoms with Crippen LogP contribution >= 0.6 is 11.3 Å². The molecule has 8 nitrogen and oxygen atoms in total. The first kappa shape index (κ1) is 24.3. The van der Waals surface area contributed by atoms with Crippen LogP contribution in [-0.2, 0) is 28.9 Å². The number of fused-ring (bicyclic) bond motifs is 3. The number of hydrogen-bond donors (Lipinski definition) is 2. The molecule has 1 aliphatic carbocycles. The van der Waals surface area contributed by atoms with Gasteiger partial charge in [-0.05, 0) is 30.7 Å². The van der Waals surface area contributed by atoms with Crippen molar-refractivity contribution in [1.82, 2.24) is 19.8 Å². The Morgan fingerprint density at radius 2 is 2.27 bits per heavy atom. The lowest BCUT2D eigenvalue weighted by molar-refractivity contribution is 0.0132. The van der Waals surface area contributed by atoms with Crippen LogP contribution in [0.4, 0.5) is 0 Å². The number of ether oxygens (including phenoxy) is 2. The number of hydrogen-bond acceptors (Lipinski definition) is 8. The van der Waals surface area contributed by atoms with Gasteiger partial charge in [0.15, 0.2) is 0 Å².